The Morgan fingerprint density at radius 2 is 1.74 bits per heavy atom. The summed E-state index contributed by atoms with van der Waals surface area (Å²) >= 11 is 0. The minimum Gasteiger partial charge on any atom is -0.505 e. The van der Waals surface area contributed by atoms with E-state index in [0.29, 0.717) is 36.8 Å². The molecule has 1 N–H and O–H groups in total. The third-order valence-corrected chi connectivity index (χ3v) is 7.92. The van der Waals surface area contributed by atoms with Gasteiger partial charge in [-0.25, -0.2) is 4.98 Å². The van der Waals surface area contributed by atoms with Crippen LogP contribution in [0.4, 0.5) is 0 Å². The van der Waals surface area contributed by atoms with Crippen LogP contribution in [0.15, 0.2) is 48.2 Å². The van der Waals surface area contributed by atoms with E-state index in [1.165, 1.54) is 0 Å². The van der Waals surface area contributed by atoms with Crippen LogP contribution in [0, 0.1) is 13.8 Å². The molecule has 4 heterocycles. The highest BCUT2D eigenvalue weighted by atomic mass is 16.5. The SMILES string of the molecule is Cc1cccn2c(C)c(/C(O)=C3\C(=O)C(=O)N(CCCN4CCOCC4)C3c3ccc(C(C)(C)C)cc3)nc12. The summed E-state index contributed by atoms with van der Waals surface area (Å²) in [6.45, 7) is 14.6. The number of carbonyl (C=O) groups excluding carboxylic acids is 2. The molecule has 39 heavy (non-hydrogen) atoms. The number of carbonyl (C=O) groups is 2. The van der Waals surface area contributed by atoms with Crippen molar-refractivity contribution < 1.29 is 19.4 Å². The predicted octanol–water partition coefficient (Wildman–Crippen LogP) is 4.39. The summed E-state index contributed by atoms with van der Waals surface area (Å²) < 4.78 is 7.35. The van der Waals surface area contributed by atoms with Gasteiger partial charge in [0, 0.05) is 32.4 Å². The number of hydrogen-bond acceptors (Lipinski definition) is 6. The Bertz CT molecular complexity index is 1430. The molecule has 1 unspecified atom stereocenters. The lowest BCUT2D eigenvalue weighted by molar-refractivity contribution is -0.140. The average molecular weight is 531 g/mol. The van der Waals surface area contributed by atoms with Gasteiger partial charge in [0.05, 0.1) is 30.5 Å². The maximum Gasteiger partial charge on any atom is 0.295 e. The molecular formula is C31H38N4O4. The topological polar surface area (TPSA) is 87.4 Å². The van der Waals surface area contributed by atoms with E-state index in [-0.39, 0.29) is 16.7 Å². The molecule has 1 amide bonds. The van der Waals surface area contributed by atoms with Gasteiger partial charge in [-0.2, -0.15) is 0 Å². The molecule has 0 saturated carbocycles. The number of aliphatic hydroxyl groups is 1. The number of morpholine rings is 1. The van der Waals surface area contributed by atoms with Crippen molar-refractivity contribution in [1.29, 1.82) is 0 Å². The standard InChI is InChI=1S/C31H38N4O4/c1-20-8-6-14-34-21(2)25(32-29(20)34)27(36)24-26(22-9-11-23(12-10-22)31(3,4)5)35(30(38)28(24)37)15-7-13-33-16-18-39-19-17-33/h6,8-12,14,26,36H,7,13,15-19H2,1-5H3/b27-24+. The van der Waals surface area contributed by atoms with Crippen molar-refractivity contribution in [3.8, 4) is 0 Å². The zero-order valence-electron chi connectivity index (χ0n) is 23.5. The molecule has 0 bridgehead atoms. The summed E-state index contributed by atoms with van der Waals surface area (Å²) in [5, 5.41) is 11.6. The molecule has 8 heteroatoms. The highest BCUT2D eigenvalue weighted by Gasteiger charge is 2.46. The normalized spacial score (nSPS) is 20.3. The highest BCUT2D eigenvalue weighted by molar-refractivity contribution is 6.46. The number of fused-ring (bicyclic) bond motifs is 1. The predicted molar refractivity (Wildman–Crippen MR) is 151 cm³/mol. The molecule has 2 fully saturated rings. The summed E-state index contributed by atoms with van der Waals surface area (Å²) in [5.74, 6) is -1.48. The number of nitrogens with zero attached hydrogens (tertiary/aromatic N) is 4. The molecule has 2 aliphatic heterocycles. The Hall–Kier alpha value is -3.49. The Kier molecular flexibility index (Phi) is 7.35. The Morgan fingerprint density at radius 3 is 2.38 bits per heavy atom. The lowest BCUT2D eigenvalue weighted by Crippen LogP contribution is -2.39. The van der Waals surface area contributed by atoms with E-state index < -0.39 is 17.7 Å². The number of aliphatic hydroxyl groups excluding tert-OH is 1. The number of amides is 1. The number of imidazole rings is 1. The van der Waals surface area contributed by atoms with E-state index in [0.717, 1.165) is 42.7 Å². The van der Waals surface area contributed by atoms with Crippen LogP contribution >= 0.6 is 0 Å². The highest BCUT2D eigenvalue weighted by Crippen LogP contribution is 2.40. The number of aryl methyl sites for hydroxylation is 2. The summed E-state index contributed by atoms with van der Waals surface area (Å²) in [6, 6.07) is 11.2. The maximum atomic E-state index is 13.5. The molecule has 3 aromatic rings. The fourth-order valence-corrected chi connectivity index (χ4v) is 5.59. The molecule has 2 aromatic heterocycles. The molecule has 0 spiro atoms. The van der Waals surface area contributed by atoms with Crippen molar-refractivity contribution in [2.75, 3.05) is 39.4 Å². The van der Waals surface area contributed by atoms with Crippen molar-refractivity contribution in [3.05, 3.63) is 76.2 Å². The van der Waals surface area contributed by atoms with Gasteiger partial charge < -0.3 is 19.1 Å². The van der Waals surface area contributed by atoms with E-state index in [2.05, 4.69) is 25.7 Å². The van der Waals surface area contributed by atoms with Crippen LogP contribution in [-0.2, 0) is 19.7 Å². The number of benzene rings is 1. The van der Waals surface area contributed by atoms with Crippen molar-refractivity contribution >= 4 is 23.1 Å². The average Bonchev–Trinajstić information content (AvgIpc) is 3.39. The minimum absolute atomic E-state index is 0.0377. The van der Waals surface area contributed by atoms with Crippen LogP contribution in [0.2, 0.25) is 0 Å². The van der Waals surface area contributed by atoms with Crippen LogP contribution < -0.4 is 0 Å². The fourth-order valence-electron chi connectivity index (χ4n) is 5.59. The maximum absolute atomic E-state index is 13.5. The van der Waals surface area contributed by atoms with Gasteiger partial charge in [-0.15, -0.1) is 0 Å². The summed E-state index contributed by atoms with van der Waals surface area (Å²) in [7, 11) is 0. The van der Waals surface area contributed by atoms with Gasteiger partial charge in [-0.05, 0) is 48.4 Å². The second-order valence-electron chi connectivity index (χ2n) is 11.6. The molecule has 1 aromatic carbocycles. The van der Waals surface area contributed by atoms with Crippen LogP contribution in [-0.4, -0.2) is 75.4 Å². The number of likely N-dealkylation sites (tertiary alicyclic amines) is 1. The Morgan fingerprint density at radius 1 is 1.05 bits per heavy atom. The number of ether oxygens (including phenoxy) is 1. The Labute approximate surface area is 229 Å². The van der Waals surface area contributed by atoms with E-state index in [1.807, 2.05) is 60.8 Å². The fraction of sp³-hybridized carbons (Fsp3) is 0.452. The molecule has 0 radical (unpaired) electrons. The van der Waals surface area contributed by atoms with E-state index >= 15 is 0 Å². The molecule has 2 saturated heterocycles. The van der Waals surface area contributed by atoms with E-state index in [1.54, 1.807) is 4.90 Å². The van der Waals surface area contributed by atoms with Crippen LogP contribution in [0.1, 0.15) is 61.3 Å². The number of rotatable bonds is 6. The number of hydrogen-bond donors (Lipinski definition) is 1. The quantitative estimate of drug-likeness (QED) is 0.289. The third kappa shape index (κ3) is 5.11. The minimum atomic E-state index is -0.686. The molecule has 1 atom stereocenters. The molecular weight excluding hydrogens is 492 g/mol. The van der Waals surface area contributed by atoms with Crippen molar-refractivity contribution in [2.24, 2.45) is 0 Å². The van der Waals surface area contributed by atoms with Gasteiger partial charge in [-0.1, -0.05) is 51.1 Å². The second-order valence-corrected chi connectivity index (χ2v) is 11.6. The van der Waals surface area contributed by atoms with Crippen molar-refractivity contribution in [1.82, 2.24) is 19.2 Å². The molecule has 0 aliphatic carbocycles. The molecule has 8 nitrogen and oxygen atoms in total. The monoisotopic (exact) mass is 530 g/mol. The van der Waals surface area contributed by atoms with Gasteiger partial charge in [0.2, 0.25) is 0 Å². The largest absolute Gasteiger partial charge is 0.505 e. The Balaban J connectivity index is 1.56. The lowest BCUT2D eigenvalue weighted by atomic mass is 9.85. The van der Waals surface area contributed by atoms with Crippen LogP contribution in [0.5, 0.6) is 0 Å². The van der Waals surface area contributed by atoms with Crippen LogP contribution in [0.25, 0.3) is 11.4 Å². The van der Waals surface area contributed by atoms with E-state index in [4.69, 9.17) is 9.72 Å². The van der Waals surface area contributed by atoms with E-state index in [9.17, 15) is 14.7 Å². The van der Waals surface area contributed by atoms with Crippen LogP contribution in [0.3, 0.4) is 0 Å². The van der Waals surface area contributed by atoms with Crippen molar-refractivity contribution in [3.63, 3.8) is 0 Å². The van der Waals surface area contributed by atoms with Gasteiger partial charge in [-0.3, -0.25) is 14.5 Å². The zero-order chi connectivity index (χ0) is 27.9. The van der Waals surface area contributed by atoms with Gasteiger partial charge in [0.15, 0.2) is 5.76 Å². The van der Waals surface area contributed by atoms with Crippen molar-refractivity contribution in [2.45, 2.75) is 52.5 Å². The number of aromatic nitrogens is 2. The third-order valence-electron chi connectivity index (χ3n) is 7.92. The first-order valence-electron chi connectivity index (χ1n) is 13.7. The first-order valence-corrected chi connectivity index (χ1v) is 13.7. The smallest absolute Gasteiger partial charge is 0.295 e. The summed E-state index contributed by atoms with van der Waals surface area (Å²) in [4.78, 5) is 35.6. The number of ketones is 1. The molecule has 2 aliphatic rings. The summed E-state index contributed by atoms with van der Waals surface area (Å²) in [6.07, 6.45) is 2.60. The first-order chi connectivity index (χ1) is 18.6. The molecule has 206 valence electrons. The van der Waals surface area contributed by atoms with Gasteiger partial charge in [0.1, 0.15) is 11.3 Å². The number of Topliss-reactive ketones (excluding diaryl/α,β-unsaturated/α-hetero) is 1. The number of pyridine rings is 1. The first kappa shape index (κ1) is 27.1. The second kappa shape index (κ2) is 10.6. The van der Waals surface area contributed by atoms with Gasteiger partial charge in [0.25, 0.3) is 11.7 Å². The summed E-state index contributed by atoms with van der Waals surface area (Å²) in [5.41, 5.74) is 4.72. The zero-order valence-corrected chi connectivity index (χ0v) is 23.5. The molecule has 5 rings (SSSR count). The lowest BCUT2D eigenvalue weighted by Gasteiger charge is -2.29. The van der Waals surface area contributed by atoms with Gasteiger partial charge >= 0.3 is 0 Å².